The van der Waals surface area contributed by atoms with Gasteiger partial charge in [-0.25, -0.2) is 10.5 Å². The minimum Gasteiger partial charge on any atom is -0.392 e. The Bertz CT molecular complexity index is 1540. The lowest BCUT2D eigenvalue weighted by Crippen LogP contribution is -2.31. The van der Waals surface area contributed by atoms with Crippen LogP contribution in [0.4, 0.5) is 0 Å². The molecule has 4 N–H and O–H groups in total. The van der Waals surface area contributed by atoms with E-state index in [4.69, 9.17) is 14.7 Å². The summed E-state index contributed by atoms with van der Waals surface area (Å²) in [5, 5.41) is 22.0. The first kappa shape index (κ1) is 32.3. The molecule has 9 nitrogen and oxygen atoms in total. The molecule has 2 amide bonds. The van der Waals surface area contributed by atoms with Gasteiger partial charge in [-0.15, -0.1) is 11.8 Å². The first-order valence-corrected chi connectivity index (χ1v) is 15.9. The zero-order valence-corrected chi connectivity index (χ0v) is 25.6. The van der Waals surface area contributed by atoms with Crippen molar-refractivity contribution in [2.75, 3.05) is 5.75 Å². The number of pyridine rings is 1. The number of nitrogens with zero attached hydrogens (tertiary/aromatic N) is 1. The molecule has 3 aromatic carbocycles. The van der Waals surface area contributed by atoms with Gasteiger partial charge in [0.25, 0.3) is 0 Å². The van der Waals surface area contributed by atoms with Gasteiger partial charge in [-0.1, -0.05) is 78.9 Å². The third kappa shape index (κ3) is 9.23. The van der Waals surface area contributed by atoms with E-state index in [2.05, 4.69) is 10.3 Å². The fourth-order valence-corrected chi connectivity index (χ4v) is 6.04. The number of hydrogen-bond acceptors (Lipinski definition) is 8. The van der Waals surface area contributed by atoms with Crippen LogP contribution in [-0.2, 0) is 32.2 Å². The van der Waals surface area contributed by atoms with Crippen LogP contribution in [0.25, 0.3) is 11.1 Å². The summed E-state index contributed by atoms with van der Waals surface area (Å²) in [6, 6.07) is 29.7. The Labute approximate surface area is 267 Å². The fraction of sp³-hybridized carbons (Fsp3) is 0.286. The van der Waals surface area contributed by atoms with E-state index < -0.39 is 12.2 Å². The van der Waals surface area contributed by atoms with Gasteiger partial charge < -0.3 is 19.9 Å². The van der Waals surface area contributed by atoms with Gasteiger partial charge in [-0.2, -0.15) is 0 Å². The van der Waals surface area contributed by atoms with Crippen molar-refractivity contribution in [2.45, 2.75) is 62.4 Å². The van der Waals surface area contributed by atoms with E-state index in [0.717, 1.165) is 44.2 Å². The first-order chi connectivity index (χ1) is 22.0. The molecule has 0 radical (unpaired) electrons. The minimum absolute atomic E-state index is 0.00572. The second kappa shape index (κ2) is 16.3. The van der Waals surface area contributed by atoms with E-state index in [0.29, 0.717) is 19.4 Å². The molecule has 1 saturated heterocycles. The molecule has 10 heteroatoms. The van der Waals surface area contributed by atoms with E-state index in [1.807, 2.05) is 91.0 Å². The van der Waals surface area contributed by atoms with Crippen molar-refractivity contribution in [2.24, 2.45) is 0 Å². The Morgan fingerprint density at radius 2 is 1.60 bits per heavy atom. The zero-order chi connectivity index (χ0) is 31.4. The van der Waals surface area contributed by atoms with Crippen LogP contribution < -0.4 is 10.8 Å². The highest BCUT2D eigenvalue weighted by molar-refractivity contribution is 7.99. The largest absolute Gasteiger partial charge is 0.392 e. The maximum atomic E-state index is 12.3. The third-order valence-electron chi connectivity index (χ3n) is 7.59. The molecule has 45 heavy (non-hydrogen) atoms. The number of carbonyl (C=O) groups is 2. The van der Waals surface area contributed by atoms with E-state index in [1.54, 1.807) is 23.4 Å². The van der Waals surface area contributed by atoms with E-state index in [1.165, 1.54) is 0 Å². The lowest BCUT2D eigenvalue weighted by Gasteiger charge is -2.36. The van der Waals surface area contributed by atoms with Gasteiger partial charge in [0, 0.05) is 43.3 Å². The number of aromatic nitrogens is 1. The molecule has 0 unspecified atom stereocenters. The number of carbonyl (C=O) groups excluding carboxylic acids is 2. The Balaban J connectivity index is 1.27. The number of rotatable bonds is 13. The van der Waals surface area contributed by atoms with Crippen molar-refractivity contribution in [3.8, 4) is 11.1 Å². The molecule has 234 valence electrons. The predicted molar refractivity (Wildman–Crippen MR) is 171 cm³/mol. The summed E-state index contributed by atoms with van der Waals surface area (Å²) >= 11 is 1.66. The molecular formula is C35H37N3O6S. The summed E-state index contributed by atoms with van der Waals surface area (Å²) in [4.78, 5) is 27.9. The molecule has 5 rings (SSSR count). The minimum atomic E-state index is -0.563. The molecule has 0 spiro atoms. The van der Waals surface area contributed by atoms with Gasteiger partial charge in [0.1, 0.15) is 0 Å². The van der Waals surface area contributed by atoms with Gasteiger partial charge in [0.05, 0.1) is 23.8 Å². The Kier molecular flexibility index (Phi) is 11.7. The number of amides is 2. The fourth-order valence-electron chi connectivity index (χ4n) is 5.16. The summed E-state index contributed by atoms with van der Waals surface area (Å²) in [5.41, 5.74) is 7.34. The Morgan fingerprint density at radius 3 is 2.33 bits per heavy atom. The molecular weight excluding hydrogens is 590 g/mol. The SMILES string of the molecule is O=C(CCCC(=O)NCc1ccccc1-c1ccc([C@H]2O[C@@H](CSc3ccccn3)C[C@@H](c3ccc(CO)cc3)O2)cc1)NO. The van der Waals surface area contributed by atoms with Gasteiger partial charge in [-0.05, 0) is 46.4 Å². The first-order valence-electron chi connectivity index (χ1n) is 14.9. The van der Waals surface area contributed by atoms with E-state index in [-0.39, 0.29) is 37.6 Å². The summed E-state index contributed by atoms with van der Waals surface area (Å²) in [6.07, 6.45) is 2.31. The molecule has 1 fully saturated rings. The maximum Gasteiger partial charge on any atom is 0.243 e. The van der Waals surface area contributed by atoms with Crippen LogP contribution in [0.1, 0.15) is 60.3 Å². The molecule has 1 aliphatic rings. The summed E-state index contributed by atoms with van der Waals surface area (Å²) < 4.78 is 13.0. The lowest BCUT2D eigenvalue weighted by molar-refractivity contribution is -0.245. The molecule has 1 aliphatic heterocycles. The van der Waals surface area contributed by atoms with Crippen LogP contribution in [0.15, 0.2) is 102 Å². The van der Waals surface area contributed by atoms with Gasteiger partial charge >= 0.3 is 0 Å². The number of nitrogens with one attached hydrogen (secondary N) is 2. The van der Waals surface area contributed by atoms with Crippen LogP contribution in [0.3, 0.4) is 0 Å². The highest BCUT2D eigenvalue weighted by Gasteiger charge is 2.32. The number of hydrogen-bond donors (Lipinski definition) is 4. The molecule has 3 atom stereocenters. The average Bonchev–Trinajstić information content (AvgIpc) is 3.10. The number of hydroxylamine groups is 1. The lowest BCUT2D eigenvalue weighted by atomic mass is 9.97. The maximum absolute atomic E-state index is 12.3. The molecule has 0 aliphatic carbocycles. The predicted octanol–water partition coefficient (Wildman–Crippen LogP) is 5.87. The molecule has 0 saturated carbocycles. The van der Waals surface area contributed by atoms with Crippen LogP contribution >= 0.6 is 11.8 Å². The van der Waals surface area contributed by atoms with Crippen LogP contribution in [0.5, 0.6) is 0 Å². The molecule has 0 bridgehead atoms. The standard InChI is InChI=1S/C35H37N3O6S/c39-22-24-11-13-26(14-12-24)31-20-29(23-45-34-10-3-4-19-36-34)43-35(44-31)27-17-15-25(16-18-27)30-7-2-1-6-28(30)21-37-32(40)8-5-9-33(41)38-42/h1-4,6-7,10-19,29,31,35,39,42H,5,8-9,20-23H2,(H,37,40)(H,38,41)/t29-,31+,35+/m1/s1. The number of thioether (sulfide) groups is 1. The Hall–Kier alpha value is -4.06. The van der Waals surface area contributed by atoms with Crippen molar-refractivity contribution in [1.82, 2.24) is 15.8 Å². The Morgan fingerprint density at radius 1 is 0.867 bits per heavy atom. The smallest absolute Gasteiger partial charge is 0.243 e. The molecule has 1 aromatic heterocycles. The highest BCUT2D eigenvalue weighted by Crippen LogP contribution is 2.40. The zero-order valence-electron chi connectivity index (χ0n) is 24.8. The second-order valence-corrected chi connectivity index (χ2v) is 11.8. The quantitative estimate of drug-likeness (QED) is 0.0823. The number of ether oxygens (including phenoxy) is 2. The average molecular weight is 628 g/mol. The molecule has 4 aromatic rings. The monoisotopic (exact) mass is 627 g/mol. The normalized spacial score (nSPS) is 17.9. The number of aliphatic hydroxyl groups excluding tert-OH is 1. The van der Waals surface area contributed by atoms with Crippen LogP contribution in [-0.4, -0.2) is 39.0 Å². The molecule has 2 heterocycles. The topological polar surface area (TPSA) is 130 Å². The van der Waals surface area contributed by atoms with Crippen LogP contribution in [0.2, 0.25) is 0 Å². The summed E-state index contributed by atoms with van der Waals surface area (Å²) in [5.74, 6) is 0.0639. The summed E-state index contributed by atoms with van der Waals surface area (Å²) in [6.45, 7) is 0.346. The number of benzene rings is 3. The van der Waals surface area contributed by atoms with Crippen LogP contribution in [0, 0.1) is 0 Å². The van der Waals surface area contributed by atoms with Crippen molar-refractivity contribution in [3.63, 3.8) is 0 Å². The van der Waals surface area contributed by atoms with Gasteiger partial charge in [-0.3, -0.25) is 14.8 Å². The van der Waals surface area contributed by atoms with Gasteiger partial charge in [0.2, 0.25) is 11.8 Å². The summed E-state index contributed by atoms with van der Waals surface area (Å²) in [7, 11) is 0. The second-order valence-electron chi connectivity index (χ2n) is 10.8. The van der Waals surface area contributed by atoms with Crippen molar-refractivity contribution in [3.05, 3.63) is 119 Å². The van der Waals surface area contributed by atoms with E-state index in [9.17, 15) is 14.7 Å². The van der Waals surface area contributed by atoms with Crippen molar-refractivity contribution < 1.29 is 29.4 Å². The van der Waals surface area contributed by atoms with Crippen molar-refractivity contribution in [1.29, 1.82) is 0 Å². The highest BCUT2D eigenvalue weighted by atomic mass is 32.2. The third-order valence-corrected chi connectivity index (χ3v) is 8.67. The van der Waals surface area contributed by atoms with E-state index >= 15 is 0 Å². The van der Waals surface area contributed by atoms with Crippen molar-refractivity contribution >= 4 is 23.6 Å². The van der Waals surface area contributed by atoms with Gasteiger partial charge in [0.15, 0.2) is 6.29 Å². The number of aliphatic hydroxyl groups is 1.